The molecule has 1 aliphatic heterocycles. The number of carboxylic acids is 1. The van der Waals surface area contributed by atoms with Gasteiger partial charge in [-0.15, -0.1) is 0 Å². The summed E-state index contributed by atoms with van der Waals surface area (Å²) >= 11 is 0. The molecular weight excluding hydrogens is 396 g/mol. The highest BCUT2D eigenvalue weighted by molar-refractivity contribution is 6.00. The third kappa shape index (κ3) is 4.77. The van der Waals surface area contributed by atoms with Crippen molar-refractivity contribution in [1.82, 2.24) is 4.90 Å². The Labute approximate surface area is 182 Å². The fraction of sp³-hybridized carbons (Fsp3) is 0.375. The lowest BCUT2D eigenvalue weighted by Gasteiger charge is -2.32. The van der Waals surface area contributed by atoms with E-state index < -0.39 is 36.7 Å². The molecule has 1 N–H and O–H groups in total. The molecule has 164 valence electrons. The fourth-order valence-electron chi connectivity index (χ4n) is 3.85. The molecule has 31 heavy (non-hydrogen) atoms. The number of fused-ring (bicyclic) bond motifs is 1. The Bertz CT molecular complexity index is 987. The number of rotatable bonds is 6. The van der Waals surface area contributed by atoms with Crippen LogP contribution in [0, 0.1) is 12.8 Å². The van der Waals surface area contributed by atoms with Gasteiger partial charge in [0.15, 0.2) is 0 Å². The van der Waals surface area contributed by atoms with Gasteiger partial charge < -0.3 is 14.7 Å². The van der Waals surface area contributed by atoms with Crippen molar-refractivity contribution in [3.8, 4) is 0 Å². The molecule has 2 atom stereocenters. The number of benzene rings is 2. The molecule has 7 nitrogen and oxygen atoms in total. The molecule has 2 amide bonds. The fourth-order valence-corrected chi connectivity index (χ4v) is 3.85. The van der Waals surface area contributed by atoms with Gasteiger partial charge in [0, 0.05) is 24.7 Å². The lowest BCUT2D eigenvalue weighted by Crippen LogP contribution is -2.53. The number of carbonyl (C=O) groups excluding carboxylic acids is 2. The van der Waals surface area contributed by atoms with Crippen LogP contribution < -0.4 is 4.90 Å². The van der Waals surface area contributed by atoms with Crippen molar-refractivity contribution in [1.29, 1.82) is 0 Å². The van der Waals surface area contributed by atoms with Crippen molar-refractivity contribution in [2.75, 3.05) is 18.0 Å². The number of hydrogen-bond acceptors (Lipinski definition) is 4. The maximum atomic E-state index is 13.6. The van der Waals surface area contributed by atoms with Gasteiger partial charge in [0.05, 0.1) is 0 Å². The van der Waals surface area contributed by atoms with Gasteiger partial charge in [0.2, 0.25) is 12.1 Å². The van der Waals surface area contributed by atoms with Crippen LogP contribution in [0.2, 0.25) is 0 Å². The van der Waals surface area contributed by atoms with Gasteiger partial charge in [-0.1, -0.05) is 56.3 Å². The molecule has 0 bridgehead atoms. The Kier molecular flexibility index (Phi) is 6.75. The van der Waals surface area contributed by atoms with E-state index >= 15 is 0 Å². The van der Waals surface area contributed by atoms with E-state index in [1.165, 1.54) is 6.92 Å². The molecular formula is C24H28N2O5. The highest BCUT2D eigenvalue weighted by Gasteiger charge is 2.41. The Morgan fingerprint density at radius 2 is 1.71 bits per heavy atom. The molecule has 0 unspecified atom stereocenters. The Hall–Kier alpha value is -3.19. The highest BCUT2D eigenvalue weighted by Crippen LogP contribution is 2.39. The molecule has 0 aromatic heterocycles. The number of para-hydroxylation sites is 1. The van der Waals surface area contributed by atoms with Crippen molar-refractivity contribution >= 4 is 23.5 Å². The summed E-state index contributed by atoms with van der Waals surface area (Å²) < 4.78 is 6.30. The number of carboxylic acid groups (broad SMARTS) is 1. The minimum atomic E-state index is -1.36. The van der Waals surface area contributed by atoms with Crippen LogP contribution in [0.5, 0.6) is 0 Å². The Morgan fingerprint density at radius 1 is 1.10 bits per heavy atom. The molecule has 0 saturated carbocycles. The molecule has 3 rings (SSSR count). The van der Waals surface area contributed by atoms with Gasteiger partial charge in [-0.25, -0.2) is 0 Å². The minimum absolute atomic E-state index is 0.151. The van der Waals surface area contributed by atoms with Crippen molar-refractivity contribution < 1.29 is 24.2 Å². The van der Waals surface area contributed by atoms with E-state index in [1.807, 2.05) is 69.3 Å². The number of amides is 2. The number of aryl methyl sites for hydroxylation is 1. The van der Waals surface area contributed by atoms with E-state index in [-0.39, 0.29) is 5.92 Å². The zero-order valence-electron chi connectivity index (χ0n) is 18.2. The van der Waals surface area contributed by atoms with Crippen LogP contribution in [0.15, 0.2) is 48.5 Å². The van der Waals surface area contributed by atoms with E-state index in [2.05, 4.69) is 0 Å². The summed E-state index contributed by atoms with van der Waals surface area (Å²) in [7, 11) is 0. The normalized spacial score (nSPS) is 18.5. The monoisotopic (exact) mass is 424 g/mol. The Balaban J connectivity index is 2.21. The van der Waals surface area contributed by atoms with Gasteiger partial charge in [-0.05, 0) is 30.0 Å². The minimum Gasteiger partial charge on any atom is -0.480 e. The van der Waals surface area contributed by atoms with Gasteiger partial charge >= 0.3 is 5.97 Å². The van der Waals surface area contributed by atoms with Crippen molar-refractivity contribution in [2.24, 2.45) is 5.92 Å². The van der Waals surface area contributed by atoms with Gasteiger partial charge in [-0.2, -0.15) is 0 Å². The maximum Gasteiger partial charge on any atom is 0.323 e. The molecule has 0 saturated heterocycles. The zero-order valence-corrected chi connectivity index (χ0v) is 18.2. The van der Waals surface area contributed by atoms with Gasteiger partial charge in [0.25, 0.3) is 5.91 Å². The van der Waals surface area contributed by atoms with Crippen LogP contribution in [0.3, 0.4) is 0 Å². The van der Waals surface area contributed by atoms with E-state index in [0.717, 1.165) is 21.6 Å². The maximum absolute atomic E-state index is 13.6. The standard InChI is InChI=1S/C24H28N2O5/c1-15(2)13-26-20-12-8-7-11-19(20)22(18-10-6-5-9-16(18)3)31-24(23(26)30)25(17(4)27)14-21(28)29/h5-12,15,22,24H,13-14H2,1-4H3,(H,28,29)/t22-,24+/m0/s1. The second-order valence-corrected chi connectivity index (χ2v) is 8.17. The zero-order chi connectivity index (χ0) is 22.7. The smallest absolute Gasteiger partial charge is 0.323 e. The number of ether oxygens (including phenoxy) is 1. The lowest BCUT2D eigenvalue weighted by molar-refractivity contribution is -0.165. The SMILES string of the molecule is CC(=O)N(CC(=O)O)[C@@H]1O[C@@H](c2ccccc2C)c2ccccc2N(CC(C)C)C1=O. The van der Waals surface area contributed by atoms with Crippen LogP contribution >= 0.6 is 0 Å². The summed E-state index contributed by atoms with van der Waals surface area (Å²) in [5, 5.41) is 9.36. The topological polar surface area (TPSA) is 87.2 Å². The number of carbonyl (C=O) groups is 3. The van der Waals surface area contributed by atoms with Crippen molar-refractivity contribution in [3.05, 3.63) is 65.2 Å². The van der Waals surface area contributed by atoms with Crippen molar-refractivity contribution in [3.63, 3.8) is 0 Å². The number of aliphatic carboxylic acids is 1. The highest BCUT2D eigenvalue weighted by atomic mass is 16.5. The largest absolute Gasteiger partial charge is 0.480 e. The molecule has 7 heteroatoms. The molecule has 2 aromatic rings. The molecule has 0 radical (unpaired) electrons. The van der Waals surface area contributed by atoms with E-state index in [0.29, 0.717) is 12.2 Å². The van der Waals surface area contributed by atoms with E-state index in [9.17, 15) is 19.5 Å². The molecule has 1 aliphatic rings. The first-order chi connectivity index (χ1) is 14.7. The third-order valence-corrected chi connectivity index (χ3v) is 5.26. The lowest BCUT2D eigenvalue weighted by atomic mass is 9.96. The Morgan fingerprint density at radius 3 is 2.29 bits per heavy atom. The summed E-state index contributed by atoms with van der Waals surface area (Å²) in [4.78, 5) is 40.1. The predicted molar refractivity (Wildman–Crippen MR) is 117 cm³/mol. The quantitative estimate of drug-likeness (QED) is 0.768. The van der Waals surface area contributed by atoms with Crippen LogP contribution in [-0.4, -0.2) is 47.1 Å². The van der Waals surface area contributed by atoms with Crippen LogP contribution in [-0.2, 0) is 19.1 Å². The first-order valence-corrected chi connectivity index (χ1v) is 10.3. The second-order valence-electron chi connectivity index (χ2n) is 8.17. The number of anilines is 1. The van der Waals surface area contributed by atoms with Crippen LogP contribution in [0.1, 0.15) is 43.6 Å². The first kappa shape index (κ1) is 22.5. The number of hydrogen-bond donors (Lipinski definition) is 1. The van der Waals surface area contributed by atoms with Crippen molar-refractivity contribution in [2.45, 2.75) is 40.0 Å². The third-order valence-electron chi connectivity index (χ3n) is 5.26. The second kappa shape index (κ2) is 9.31. The summed E-state index contributed by atoms with van der Waals surface area (Å²) in [6.45, 7) is 6.97. The average molecular weight is 424 g/mol. The average Bonchev–Trinajstić information content (AvgIpc) is 2.82. The summed E-state index contributed by atoms with van der Waals surface area (Å²) in [5.41, 5.74) is 3.33. The number of nitrogens with zero attached hydrogens (tertiary/aromatic N) is 2. The van der Waals surface area contributed by atoms with E-state index in [4.69, 9.17) is 4.74 Å². The molecule has 2 aromatic carbocycles. The summed E-state index contributed by atoms with van der Waals surface area (Å²) in [5.74, 6) is -2.05. The molecule has 0 aliphatic carbocycles. The van der Waals surface area contributed by atoms with Crippen LogP contribution in [0.25, 0.3) is 0 Å². The first-order valence-electron chi connectivity index (χ1n) is 10.3. The summed E-state index contributed by atoms with van der Waals surface area (Å²) in [6.07, 6.45) is -2.00. The molecule has 0 fully saturated rings. The van der Waals surface area contributed by atoms with E-state index in [1.54, 1.807) is 4.90 Å². The van der Waals surface area contributed by atoms with Gasteiger partial charge in [0.1, 0.15) is 12.6 Å². The predicted octanol–water partition coefficient (Wildman–Crippen LogP) is 3.36. The molecule has 1 heterocycles. The summed E-state index contributed by atoms with van der Waals surface area (Å²) in [6, 6.07) is 15.2. The molecule has 0 spiro atoms. The van der Waals surface area contributed by atoms with Gasteiger partial charge in [-0.3, -0.25) is 19.3 Å². The van der Waals surface area contributed by atoms with Crippen LogP contribution in [0.4, 0.5) is 5.69 Å².